The first-order valence-corrected chi connectivity index (χ1v) is 17.5. The molecule has 0 amide bonds. The van der Waals surface area contributed by atoms with Crippen molar-refractivity contribution in [2.24, 2.45) is 0 Å². The Morgan fingerprint density at radius 1 is 0.525 bits per heavy atom. The fourth-order valence-electron chi connectivity index (χ4n) is 5.17. The Labute approximate surface area is 249 Å². The zero-order chi connectivity index (χ0) is 29.5. The maximum Gasteiger partial charge on any atom is 0.306 e. The molecule has 0 aromatic rings. The van der Waals surface area contributed by atoms with Gasteiger partial charge in [0.05, 0.1) is 0 Å². The first kappa shape index (κ1) is 38.9. The SMILES string of the molecule is CCCCCCCCCCCCCCCC(COC(=O)CCCCCCCCCC)OC(=O)CCCCN(C)C. The van der Waals surface area contributed by atoms with Crippen LogP contribution in [0.1, 0.15) is 181 Å². The molecule has 0 rings (SSSR count). The van der Waals surface area contributed by atoms with Crippen LogP contribution >= 0.6 is 0 Å². The molecule has 0 aromatic heterocycles. The Hall–Kier alpha value is -1.10. The van der Waals surface area contributed by atoms with Crippen LogP contribution in [0.2, 0.25) is 0 Å². The average molecular weight is 568 g/mol. The highest BCUT2D eigenvalue weighted by atomic mass is 16.6. The van der Waals surface area contributed by atoms with Crippen molar-refractivity contribution in [3.8, 4) is 0 Å². The van der Waals surface area contributed by atoms with Gasteiger partial charge in [-0.3, -0.25) is 9.59 Å². The molecule has 40 heavy (non-hydrogen) atoms. The van der Waals surface area contributed by atoms with E-state index in [0.29, 0.717) is 12.8 Å². The number of carbonyl (C=O) groups is 2. The van der Waals surface area contributed by atoms with Gasteiger partial charge < -0.3 is 14.4 Å². The Balaban J connectivity index is 4.13. The van der Waals surface area contributed by atoms with Gasteiger partial charge in [0.2, 0.25) is 0 Å². The second-order valence-electron chi connectivity index (χ2n) is 12.3. The minimum absolute atomic E-state index is 0.150. The molecule has 1 atom stereocenters. The molecule has 5 nitrogen and oxygen atoms in total. The molecule has 0 saturated carbocycles. The van der Waals surface area contributed by atoms with Crippen LogP contribution < -0.4 is 0 Å². The molecule has 0 aromatic carbocycles. The predicted octanol–water partition coefficient (Wildman–Crippen LogP) is 10.2. The van der Waals surface area contributed by atoms with Crippen molar-refractivity contribution in [1.82, 2.24) is 4.90 Å². The molecule has 0 bridgehead atoms. The number of esters is 2. The van der Waals surface area contributed by atoms with Gasteiger partial charge in [0, 0.05) is 12.8 Å². The summed E-state index contributed by atoms with van der Waals surface area (Å²) < 4.78 is 11.3. The highest BCUT2D eigenvalue weighted by Gasteiger charge is 2.17. The number of carbonyl (C=O) groups excluding carboxylic acids is 2. The van der Waals surface area contributed by atoms with Crippen molar-refractivity contribution in [2.45, 2.75) is 187 Å². The van der Waals surface area contributed by atoms with Crippen LogP contribution in [0, 0.1) is 0 Å². The van der Waals surface area contributed by atoms with E-state index in [-0.39, 0.29) is 24.6 Å². The lowest BCUT2D eigenvalue weighted by Gasteiger charge is -2.18. The minimum atomic E-state index is -0.309. The number of nitrogens with zero attached hydrogens (tertiary/aromatic N) is 1. The quantitative estimate of drug-likeness (QED) is 0.0616. The van der Waals surface area contributed by atoms with Crippen molar-refractivity contribution >= 4 is 11.9 Å². The van der Waals surface area contributed by atoms with E-state index >= 15 is 0 Å². The molecule has 0 heterocycles. The summed E-state index contributed by atoms with van der Waals surface area (Å²) in [5.74, 6) is -0.305. The van der Waals surface area contributed by atoms with Crippen molar-refractivity contribution in [3.05, 3.63) is 0 Å². The zero-order valence-corrected chi connectivity index (χ0v) is 27.5. The Morgan fingerprint density at radius 3 is 1.40 bits per heavy atom. The molecule has 0 spiro atoms. The van der Waals surface area contributed by atoms with Gasteiger partial charge in [-0.05, 0) is 52.7 Å². The zero-order valence-electron chi connectivity index (χ0n) is 27.5. The van der Waals surface area contributed by atoms with E-state index in [1.165, 1.54) is 109 Å². The van der Waals surface area contributed by atoms with Gasteiger partial charge in [0.15, 0.2) is 0 Å². The third-order valence-corrected chi connectivity index (χ3v) is 7.83. The molecule has 0 fully saturated rings. The summed E-state index contributed by atoms with van der Waals surface area (Å²) in [4.78, 5) is 26.9. The summed E-state index contributed by atoms with van der Waals surface area (Å²) in [6, 6.07) is 0. The topological polar surface area (TPSA) is 55.8 Å². The van der Waals surface area contributed by atoms with Gasteiger partial charge in [-0.1, -0.05) is 136 Å². The Bertz CT molecular complexity index is 552. The molecule has 238 valence electrons. The van der Waals surface area contributed by atoms with Crippen LogP contribution in [0.15, 0.2) is 0 Å². The second-order valence-corrected chi connectivity index (χ2v) is 12.3. The van der Waals surface area contributed by atoms with Crippen LogP contribution in [0.4, 0.5) is 0 Å². The van der Waals surface area contributed by atoms with Gasteiger partial charge in [0.25, 0.3) is 0 Å². The standard InChI is InChI=1S/C35H69NO4/c1-5-7-9-11-13-15-16-17-18-19-20-22-24-28-33(40-35(38)30-26-27-31-36(3)4)32-39-34(37)29-25-23-21-14-12-10-8-6-2/h33H,5-32H2,1-4H3. The van der Waals surface area contributed by atoms with Crippen molar-refractivity contribution < 1.29 is 19.1 Å². The number of hydrogen-bond acceptors (Lipinski definition) is 5. The number of ether oxygens (including phenoxy) is 2. The van der Waals surface area contributed by atoms with E-state index in [4.69, 9.17) is 9.47 Å². The lowest BCUT2D eigenvalue weighted by molar-refractivity contribution is -0.159. The average Bonchev–Trinajstić information content (AvgIpc) is 2.93. The van der Waals surface area contributed by atoms with Crippen molar-refractivity contribution in [1.29, 1.82) is 0 Å². The molecule has 0 aliphatic heterocycles. The van der Waals surface area contributed by atoms with E-state index in [1.807, 2.05) is 14.1 Å². The fraction of sp³-hybridized carbons (Fsp3) is 0.943. The number of unbranched alkanes of at least 4 members (excludes halogenated alkanes) is 20. The van der Waals surface area contributed by atoms with Gasteiger partial charge in [-0.25, -0.2) is 0 Å². The monoisotopic (exact) mass is 568 g/mol. The van der Waals surface area contributed by atoms with Gasteiger partial charge in [-0.15, -0.1) is 0 Å². The lowest BCUT2D eigenvalue weighted by Crippen LogP contribution is -2.25. The summed E-state index contributed by atoms with van der Waals surface area (Å²) in [7, 11) is 4.10. The Morgan fingerprint density at radius 2 is 0.925 bits per heavy atom. The van der Waals surface area contributed by atoms with Crippen LogP contribution in [0.5, 0.6) is 0 Å². The molecule has 1 unspecified atom stereocenters. The first-order chi connectivity index (χ1) is 19.5. The maximum absolute atomic E-state index is 12.4. The van der Waals surface area contributed by atoms with E-state index < -0.39 is 0 Å². The van der Waals surface area contributed by atoms with E-state index in [0.717, 1.165) is 51.5 Å². The highest BCUT2D eigenvalue weighted by molar-refractivity contribution is 5.70. The van der Waals surface area contributed by atoms with E-state index in [2.05, 4.69) is 18.7 Å². The predicted molar refractivity (Wildman–Crippen MR) is 171 cm³/mol. The molecule has 0 radical (unpaired) electrons. The van der Waals surface area contributed by atoms with Gasteiger partial charge >= 0.3 is 11.9 Å². The summed E-state index contributed by atoms with van der Waals surface area (Å²) >= 11 is 0. The number of hydrogen-bond donors (Lipinski definition) is 0. The summed E-state index contributed by atoms with van der Waals surface area (Å²) in [6.07, 6.45) is 30.0. The van der Waals surface area contributed by atoms with Crippen molar-refractivity contribution in [2.75, 3.05) is 27.2 Å². The Kier molecular flexibility index (Phi) is 30.0. The maximum atomic E-state index is 12.4. The molecular weight excluding hydrogens is 498 g/mol. The van der Waals surface area contributed by atoms with Gasteiger partial charge in [0.1, 0.15) is 12.7 Å². The second kappa shape index (κ2) is 30.8. The largest absolute Gasteiger partial charge is 0.462 e. The van der Waals surface area contributed by atoms with Gasteiger partial charge in [-0.2, -0.15) is 0 Å². The van der Waals surface area contributed by atoms with Crippen LogP contribution in [0.25, 0.3) is 0 Å². The summed E-state index contributed by atoms with van der Waals surface area (Å²) in [5, 5.41) is 0. The summed E-state index contributed by atoms with van der Waals surface area (Å²) in [5.41, 5.74) is 0. The number of rotatable bonds is 31. The highest BCUT2D eigenvalue weighted by Crippen LogP contribution is 2.16. The molecule has 0 aliphatic carbocycles. The summed E-state index contributed by atoms with van der Waals surface area (Å²) in [6.45, 7) is 5.70. The molecule has 0 N–H and O–H groups in total. The molecule has 0 saturated heterocycles. The first-order valence-electron chi connectivity index (χ1n) is 17.5. The van der Waals surface area contributed by atoms with Crippen LogP contribution in [-0.4, -0.2) is 50.2 Å². The lowest BCUT2D eigenvalue weighted by atomic mass is 10.0. The van der Waals surface area contributed by atoms with Crippen LogP contribution in [-0.2, 0) is 19.1 Å². The van der Waals surface area contributed by atoms with Crippen molar-refractivity contribution in [3.63, 3.8) is 0 Å². The molecule has 0 aliphatic rings. The van der Waals surface area contributed by atoms with Crippen LogP contribution in [0.3, 0.4) is 0 Å². The van der Waals surface area contributed by atoms with E-state index in [1.54, 1.807) is 0 Å². The molecule has 5 heteroatoms. The van der Waals surface area contributed by atoms with E-state index in [9.17, 15) is 9.59 Å². The normalized spacial score (nSPS) is 12.1. The smallest absolute Gasteiger partial charge is 0.306 e. The third-order valence-electron chi connectivity index (χ3n) is 7.83. The third kappa shape index (κ3) is 29.9. The molecular formula is C35H69NO4. The fourth-order valence-corrected chi connectivity index (χ4v) is 5.17. The minimum Gasteiger partial charge on any atom is -0.462 e.